The maximum atomic E-state index is 13.9. The third kappa shape index (κ3) is 4.21. The van der Waals surface area contributed by atoms with E-state index in [1.54, 1.807) is 24.8 Å². The fourth-order valence-corrected chi connectivity index (χ4v) is 2.67. The molecule has 0 unspecified atom stereocenters. The summed E-state index contributed by atoms with van der Waals surface area (Å²) in [5.41, 5.74) is 0.292. The van der Waals surface area contributed by atoms with E-state index in [2.05, 4.69) is 0 Å². The van der Waals surface area contributed by atoms with E-state index in [0.717, 1.165) is 0 Å². The van der Waals surface area contributed by atoms with Crippen molar-refractivity contribution >= 4 is 11.9 Å². The minimum absolute atomic E-state index is 0.144. The summed E-state index contributed by atoms with van der Waals surface area (Å²) < 4.78 is 24.0. The lowest BCUT2D eigenvalue weighted by atomic mass is 9.96. The van der Waals surface area contributed by atoms with E-state index in [0.29, 0.717) is 44.7 Å². The van der Waals surface area contributed by atoms with Crippen LogP contribution in [0.15, 0.2) is 18.2 Å². The molecule has 1 aliphatic rings. The van der Waals surface area contributed by atoms with Gasteiger partial charge in [0, 0.05) is 18.7 Å². The predicted octanol–water partition coefficient (Wildman–Crippen LogP) is 2.64. The lowest BCUT2D eigenvalue weighted by Gasteiger charge is -2.31. The number of hydrogen-bond donors (Lipinski definition) is 0. The van der Waals surface area contributed by atoms with Gasteiger partial charge in [0.1, 0.15) is 0 Å². The Kier molecular flexibility index (Phi) is 5.96. The third-order valence-corrected chi connectivity index (χ3v) is 3.88. The molecule has 0 atom stereocenters. The number of carbonyl (C=O) groups is 2. The van der Waals surface area contributed by atoms with Gasteiger partial charge < -0.3 is 14.4 Å². The van der Waals surface area contributed by atoms with E-state index in [-0.39, 0.29) is 23.5 Å². The van der Waals surface area contributed by atoms with Gasteiger partial charge in [-0.25, -0.2) is 4.39 Å². The molecule has 1 aliphatic heterocycles. The Morgan fingerprint density at radius 2 is 1.91 bits per heavy atom. The third-order valence-electron chi connectivity index (χ3n) is 3.88. The number of esters is 1. The summed E-state index contributed by atoms with van der Waals surface area (Å²) in [4.78, 5) is 25.8. The van der Waals surface area contributed by atoms with Crippen LogP contribution >= 0.6 is 0 Å². The summed E-state index contributed by atoms with van der Waals surface area (Å²) in [6, 6.07) is 4.23. The largest absolute Gasteiger partial charge is 0.491 e. The molecule has 1 heterocycles. The molecule has 1 aromatic carbocycles. The SMILES string of the molecule is CCOC(=O)C1CCN(C(=O)c2ccc(OCC)c(F)c2)CC1. The lowest BCUT2D eigenvalue weighted by molar-refractivity contribution is -0.149. The maximum absolute atomic E-state index is 13.9. The summed E-state index contributed by atoms with van der Waals surface area (Å²) in [7, 11) is 0. The van der Waals surface area contributed by atoms with Gasteiger partial charge in [-0.1, -0.05) is 0 Å². The molecule has 126 valence electrons. The molecule has 6 heteroatoms. The summed E-state index contributed by atoms with van der Waals surface area (Å²) in [6.07, 6.45) is 1.15. The first-order valence-electron chi connectivity index (χ1n) is 7.95. The molecule has 1 amide bonds. The molecule has 0 bridgehead atoms. The summed E-state index contributed by atoms with van der Waals surface area (Å²) in [5.74, 6) is -0.985. The van der Waals surface area contributed by atoms with Gasteiger partial charge in [0.2, 0.25) is 0 Å². The Morgan fingerprint density at radius 1 is 1.22 bits per heavy atom. The van der Waals surface area contributed by atoms with E-state index >= 15 is 0 Å². The standard InChI is InChI=1S/C17H22FNO4/c1-3-22-15-6-5-13(11-14(15)18)16(20)19-9-7-12(8-10-19)17(21)23-4-2/h5-6,11-12H,3-4,7-10H2,1-2H3. The van der Waals surface area contributed by atoms with E-state index in [1.807, 2.05) is 0 Å². The van der Waals surface area contributed by atoms with Gasteiger partial charge in [0.05, 0.1) is 19.1 Å². The zero-order valence-electron chi connectivity index (χ0n) is 13.5. The highest BCUT2D eigenvalue weighted by Gasteiger charge is 2.28. The quantitative estimate of drug-likeness (QED) is 0.782. The van der Waals surface area contributed by atoms with E-state index in [1.165, 1.54) is 12.1 Å². The molecule has 0 N–H and O–H groups in total. The van der Waals surface area contributed by atoms with Gasteiger partial charge in [0.25, 0.3) is 5.91 Å². The van der Waals surface area contributed by atoms with Gasteiger partial charge in [-0.3, -0.25) is 9.59 Å². The highest BCUT2D eigenvalue weighted by molar-refractivity contribution is 5.94. The highest BCUT2D eigenvalue weighted by atomic mass is 19.1. The number of piperidine rings is 1. The number of carbonyl (C=O) groups excluding carboxylic acids is 2. The Hall–Kier alpha value is -2.11. The van der Waals surface area contributed by atoms with Crippen LogP contribution in [0.1, 0.15) is 37.0 Å². The fraction of sp³-hybridized carbons (Fsp3) is 0.529. The summed E-state index contributed by atoms with van der Waals surface area (Å²) in [6.45, 7) is 5.21. The molecule has 0 radical (unpaired) electrons. The van der Waals surface area contributed by atoms with Gasteiger partial charge in [-0.2, -0.15) is 0 Å². The van der Waals surface area contributed by atoms with Crippen molar-refractivity contribution in [1.82, 2.24) is 4.90 Å². The molecule has 1 saturated heterocycles. The molecule has 0 spiro atoms. The monoisotopic (exact) mass is 323 g/mol. The van der Waals surface area contributed by atoms with E-state index in [4.69, 9.17) is 9.47 Å². The van der Waals surface area contributed by atoms with Crippen molar-refractivity contribution in [3.63, 3.8) is 0 Å². The zero-order chi connectivity index (χ0) is 16.8. The molecule has 5 nitrogen and oxygen atoms in total. The van der Waals surface area contributed by atoms with Crippen LogP contribution in [-0.2, 0) is 9.53 Å². The minimum atomic E-state index is -0.542. The van der Waals surface area contributed by atoms with Crippen molar-refractivity contribution < 1.29 is 23.5 Å². The Labute approximate surface area is 135 Å². The number of nitrogens with zero attached hydrogens (tertiary/aromatic N) is 1. The van der Waals surface area contributed by atoms with Gasteiger partial charge >= 0.3 is 5.97 Å². The second-order valence-corrected chi connectivity index (χ2v) is 5.40. The van der Waals surface area contributed by atoms with Crippen molar-refractivity contribution in [3.05, 3.63) is 29.6 Å². The molecule has 2 rings (SSSR count). The van der Waals surface area contributed by atoms with Crippen LogP contribution in [0.3, 0.4) is 0 Å². The number of benzene rings is 1. The van der Waals surface area contributed by atoms with Crippen molar-refractivity contribution in [2.75, 3.05) is 26.3 Å². The second-order valence-electron chi connectivity index (χ2n) is 5.40. The van der Waals surface area contributed by atoms with Gasteiger partial charge in [-0.15, -0.1) is 0 Å². The summed E-state index contributed by atoms with van der Waals surface area (Å²) in [5, 5.41) is 0. The predicted molar refractivity (Wildman–Crippen MR) is 82.8 cm³/mol. The van der Waals surface area contributed by atoms with Gasteiger partial charge in [-0.05, 0) is 44.9 Å². The smallest absolute Gasteiger partial charge is 0.309 e. The second kappa shape index (κ2) is 7.94. The zero-order valence-corrected chi connectivity index (χ0v) is 13.5. The van der Waals surface area contributed by atoms with Crippen LogP contribution in [-0.4, -0.2) is 43.1 Å². The van der Waals surface area contributed by atoms with Crippen LogP contribution in [0.5, 0.6) is 5.75 Å². The number of ether oxygens (including phenoxy) is 2. The van der Waals surface area contributed by atoms with Crippen LogP contribution < -0.4 is 4.74 Å². The van der Waals surface area contributed by atoms with Crippen molar-refractivity contribution in [3.8, 4) is 5.75 Å². The first kappa shape index (κ1) is 17.2. The number of amides is 1. The van der Waals surface area contributed by atoms with Crippen molar-refractivity contribution in [2.45, 2.75) is 26.7 Å². The fourth-order valence-electron chi connectivity index (χ4n) is 2.67. The van der Waals surface area contributed by atoms with E-state index in [9.17, 15) is 14.0 Å². The van der Waals surface area contributed by atoms with Crippen molar-refractivity contribution in [1.29, 1.82) is 0 Å². The van der Waals surface area contributed by atoms with Crippen LogP contribution in [0, 0.1) is 11.7 Å². The minimum Gasteiger partial charge on any atom is -0.491 e. The normalized spacial score (nSPS) is 15.3. The maximum Gasteiger partial charge on any atom is 0.309 e. The first-order valence-corrected chi connectivity index (χ1v) is 7.95. The Balaban J connectivity index is 1.97. The number of hydrogen-bond acceptors (Lipinski definition) is 4. The summed E-state index contributed by atoms with van der Waals surface area (Å²) >= 11 is 0. The van der Waals surface area contributed by atoms with E-state index < -0.39 is 5.82 Å². The number of likely N-dealkylation sites (tertiary alicyclic amines) is 1. The molecule has 0 saturated carbocycles. The van der Waals surface area contributed by atoms with Crippen LogP contribution in [0.25, 0.3) is 0 Å². The topological polar surface area (TPSA) is 55.8 Å². The van der Waals surface area contributed by atoms with Crippen LogP contribution in [0.2, 0.25) is 0 Å². The van der Waals surface area contributed by atoms with Gasteiger partial charge in [0.15, 0.2) is 11.6 Å². The molecule has 23 heavy (non-hydrogen) atoms. The molecule has 0 aliphatic carbocycles. The average molecular weight is 323 g/mol. The Morgan fingerprint density at radius 3 is 2.48 bits per heavy atom. The van der Waals surface area contributed by atoms with Crippen LogP contribution in [0.4, 0.5) is 4.39 Å². The number of rotatable bonds is 5. The highest BCUT2D eigenvalue weighted by Crippen LogP contribution is 2.23. The molecular formula is C17H22FNO4. The average Bonchev–Trinajstić information content (AvgIpc) is 2.56. The Bertz CT molecular complexity index is 568. The molecule has 1 aromatic rings. The first-order chi connectivity index (χ1) is 11.1. The van der Waals surface area contributed by atoms with Crippen molar-refractivity contribution in [2.24, 2.45) is 5.92 Å². The molecule has 1 fully saturated rings. The lowest BCUT2D eigenvalue weighted by Crippen LogP contribution is -2.40. The molecule has 0 aromatic heterocycles. The number of halogens is 1. The molecular weight excluding hydrogens is 301 g/mol.